The average molecular weight is 185 g/mol. The molecule has 0 amide bonds. The maximum absolute atomic E-state index is 10.8. The summed E-state index contributed by atoms with van der Waals surface area (Å²) in [7, 11) is 0. The van der Waals surface area contributed by atoms with Crippen molar-refractivity contribution >= 4 is 5.97 Å². The second kappa shape index (κ2) is 4.61. The van der Waals surface area contributed by atoms with E-state index in [4.69, 9.17) is 10.2 Å². The molecule has 0 heterocycles. The lowest BCUT2D eigenvalue weighted by Crippen LogP contribution is -2.32. The van der Waals surface area contributed by atoms with Gasteiger partial charge in [-0.25, -0.2) is 0 Å². The maximum Gasteiger partial charge on any atom is 0.306 e. The highest BCUT2D eigenvalue weighted by molar-refractivity contribution is 5.69. The molecule has 1 radical (unpaired) electrons. The minimum absolute atomic E-state index is 0.110. The number of carboxylic acid groups (broad SMARTS) is 1. The molecule has 0 bridgehead atoms. The highest BCUT2D eigenvalue weighted by Gasteiger charge is 2.32. The Morgan fingerprint density at radius 1 is 1.69 bits per heavy atom. The smallest absolute Gasteiger partial charge is 0.306 e. The van der Waals surface area contributed by atoms with Crippen LogP contribution in [0.1, 0.15) is 26.2 Å². The Hall–Kier alpha value is -0.570. The zero-order valence-corrected chi connectivity index (χ0v) is 7.94. The van der Waals surface area contributed by atoms with E-state index in [0.29, 0.717) is 0 Å². The van der Waals surface area contributed by atoms with Crippen molar-refractivity contribution in [3.63, 3.8) is 0 Å². The summed E-state index contributed by atoms with van der Waals surface area (Å²) in [6.07, 6.45) is 4.89. The molecule has 1 fully saturated rings. The molecule has 3 nitrogen and oxygen atoms in total. The van der Waals surface area contributed by atoms with Crippen molar-refractivity contribution in [1.82, 2.24) is 0 Å². The second-order valence-corrected chi connectivity index (χ2v) is 3.84. The Labute approximate surface area is 78.8 Å². The number of aliphatic hydroxyl groups excluding tert-OH is 1. The molecule has 1 aliphatic rings. The molecule has 0 aliphatic heterocycles. The first-order valence-corrected chi connectivity index (χ1v) is 4.82. The van der Waals surface area contributed by atoms with Crippen LogP contribution in [0.25, 0.3) is 0 Å². The van der Waals surface area contributed by atoms with E-state index in [1.54, 1.807) is 6.92 Å². The fraction of sp³-hybridized carbons (Fsp3) is 0.800. The predicted octanol–water partition coefficient (Wildman–Crippen LogP) is 1.32. The normalized spacial score (nSPS) is 31.2. The standard InChI is InChI=1S/C10H17O3/c1-7(10(12)13)9-5-3-2-4-8(9)6-11/h2,7-9,11H,3-6H2,1H3,(H,12,13). The first kappa shape index (κ1) is 10.5. The molecule has 1 saturated carbocycles. The molecule has 0 aromatic carbocycles. The Balaban J connectivity index is 2.58. The largest absolute Gasteiger partial charge is 0.481 e. The van der Waals surface area contributed by atoms with Crippen molar-refractivity contribution in [2.45, 2.75) is 26.2 Å². The number of hydrogen-bond donors (Lipinski definition) is 2. The minimum atomic E-state index is -0.745. The molecule has 3 unspecified atom stereocenters. The highest BCUT2D eigenvalue weighted by Crippen LogP contribution is 2.34. The van der Waals surface area contributed by atoms with Gasteiger partial charge >= 0.3 is 5.97 Å². The van der Waals surface area contributed by atoms with E-state index in [1.807, 2.05) is 0 Å². The van der Waals surface area contributed by atoms with Gasteiger partial charge in [0.15, 0.2) is 0 Å². The zero-order chi connectivity index (χ0) is 9.84. The number of carboxylic acids is 1. The van der Waals surface area contributed by atoms with Gasteiger partial charge in [-0.3, -0.25) is 4.79 Å². The molecular formula is C10H17O3. The van der Waals surface area contributed by atoms with E-state index in [0.717, 1.165) is 19.3 Å². The van der Waals surface area contributed by atoms with Gasteiger partial charge in [-0.1, -0.05) is 6.92 Å². The fourth-order valence-corrected chi connectivity index (χ4v) is 2.10. The molecule has 0 aromatic rings. The van der Waals surface area contributed by atoms with Crippen LogP contribution in [-0.2, 0) is 4.79 Å². The summed E-state index contributed by atoms with van der Waals surface area (Å²) in [6, 6.07) is 0. The Bertz CT molecular complexity index is 179. The van der Waals surface area contributed by atoms with Crippen molar-refractivity contribution in [2.75, 3.05) is 6.61 Å². The van der Waals surface area contributed by atoms with Gasteiger partial charge in [0, 0.05) is 6.61 Å². The molecule has 0 aromatic heterocycles. The van der Waals surface area contributed by atoms with Gasteiger partial charge in [0.1, 0.15) is 0 Å². The van der Waals surface area contributed by atoms with E-state index < -0.39 is 5.97 Å². The first-order valence-electron chi connectivity index (χ1n) is 4.82. The third kappa shape index (κ3) is 2.44. The number of rotatable bonds is 3. The Morgan fingerprint density at radius 2 is 2.38 bits per heavy atom. The predicted molar refractivity (Wildman–Crippen MR) is 49.0 cm³/mol. The average Bonchev–Trinajstić information content (AvgIpc) is 2.16. The number of hydrogen-bond acceptors (Lipinski definition) is 2. The van der Waals surface area contributed by atoms with Crippen LogP contribution in [0.15, 0.2) is 0 Å². The molecule has 1 aliphatic carbocycles. The van der Waals surface area contributed by atoms with Crippen molar-refractivity contribution in [3.8, 4) is 0 Å². The van der Waals surface area contributed by atoms with Crippen molar-refractivity contribution in [3.05, 3.63) is 6.42 Å². The molecule has 0 spiro atoms. The van der Waals surface area contributed by atoms with Crippen LogP contribution in [0.5, 0.6) is 0 Å². The zero-order valence-electron chi connectivity index (χ0n) is 7.94. The quantitative estimate of drug-likeness (QED) is 0.697. The molecule has 2 N–H and O–H groups in total. The lowest BCUT2D eigenvalue weighted by atomic mass is 9.73. The number of carbonyl (C=O) groups is 1. The molecular weight excluding hydrogens is 168 g/mol. The van der Waals surface area contributed by atoms with Gasteiger partial charge in [-0.05, 0) is 37.5 Å². The van der Waals surface area contributed by atoms with Gasteiger partial charge in [-0.15, -0.1) is 0 Å². The summed E-state index contributed by atoms with van der Waals surface area (Å²) >= 11 is 0. The molecule has 3 atom stereocenters. The lowest BCUT2D eigenvalue weighted by molar-refractivity contribution is -0.144. The molecule has 0 saturated heterocycles. The van der Waals surface area contributed by atoms with E-state index in [9.17, 15) is 4.79 Å². The molecule has 13 heavy (non-hydrogen) atoms. The summed E-state index contributed by atoms with van der Waals surface area (Å²) in [5.41, 5.74) is 0. The van der Waals surface area contributed by atoms with Crippen molar-refractivity contribution < 1.29 is 15.0 Å². The van der Waals surface area contributed by atoms with E-state index in [2.05, 4.69) is 6.42 Å². The summed E-state index contributed by atoms with van der Waals surface area (Å²) in [4.78, 5) is 10.8. The summed E-state index contributed by atoms with van der Waals surface area (Å²) in [6.45, 7) is 1.85. The van der Waals surface area contributed by atoms with E-state index in [1.165, 1.54) is 0 Å². The lowest BCUT2D eigenvalue weighted by Gasteiger charge is -2.32. The Kier molecular flexibility index (Phi) is 3.72. The van der Waals surface area contributed by atoms with Crippen LogP contribution in [0, 0.1) is 24.2 Å². The van der Waals surface area contributed by atoms with Crippen LogP contribution >= 0.6 is 0 Å². The van der Waals surface area contributed by atoms with Crippen LogP contribution in [0.4, 0.5) is 0 Å². The van der Waals surface area contributed by atoms with Gasteiger partial charge in [0.05, 0.1) is 5.92 Å². The van der Waals surface area contributed by atoms with Gasteiger partial charge in [0.2, 0.25) is 0 Å². The number of aliphatic hydroxyl groups is 1. The summed E-state index contributed by atoms with van der Waals surface area (Å²) < 4.78 is 0. The maximum atomic E-state index is 10.8. The van der Waals surface area contributed by atoms with Crippen LogP contribution in [0.3, 0.4) is 0 Å². The van der Waals surface area contributed by atoms with E-state index >= 15 is 0 Å². The second-order valence-electron chi connectivity index (χ2n) is 3.84. The van der Waals surface area contributed by atoms with Crippen molar-refractivity contribution in [1.29, 1.82) is 0 Å². The van der Waals surface area contributed by atoms with Gasteiger partial charge < -0.3 is 10.2 Å². The molecule has 75 valence electrons. The summed E-state index contributed by atoms with van der Waals surface area (Å²) in [5, 5.41) is 17.9. The summed E-state index contributed by atoms with van der Waals surface area (Å²) in [5.74, 6) is -0.774. The first-order chi connectivity index (χ1) is 6.16. The monoisotopic (exact) mass is 185 g/mol. The Morgan fingerprint density at radius 3 is 2.92 bits per heavy atom. The minimum Gasteiger partial charge on any atom is -0.481 e. The van der Waals surface area contributed by atoms with E-state index in [-0.39, 0.29) is 24.4 Å². The SMILES string of the molecule is CC(C(=O)O)C1CC[CH]CC1CO. The topological polar surface area (TPSA) is 57.5 Å². The molecule has 1 rings (SSSR count). The number of aliphatic carboxylic acids is 1. The van der Waals surface area contributed by atoms with Gasteiger partial charge in [0.25, 0.3) is 0 Å². The fourth-order valence-electron chi connectivity index (χ4n) is 2.10. The van der Waals surface area contributed by atoms with Crippen LogP contribution < -0.4 is 0 Å². The highest BCUT2D eigenvalue weighted by atomic mass is 16.4. The third-order valence-electron chi connectivity index (χ3n) is 3.05. The van der Waals surface area contributed by atoms with Crippen LogP contribution in [-0.4, -0.2) is 22.8 Å². The molecule has 3 heteroatoms. The van der Waals surface area contributed by atoms with Crippen LogP contribution in [0.2, 0.25) is 0 Å². The van der Waals surface area contributed by atoms with Crippen molar-refractivity contribution in [2.24, 2.45) is 17.8 Å². The third-order valence-corrected chi connectivity index (χ3v) is 3.05. The van der Waals surface area contributed by atoms with Gasteiger partial charge in [-0.2, -0.15) is 0 Å².